The summed E-state index contributed by atoms with van der Waals surface area (Å²) < 4.78 is 0. The fourth-order valence-corrected chi connectivity index (χ4v) is 1.08. The normalized spacial score (nSPS) is 9.36. The van der Waals surface area contributed by atoms with Crippen molar-refractivity contribution in [1.29, 1.82) is 0 Å². The van der Waals surface area contributed by atoms with Crippen LogP contribution in [0.5, 0.6) is 0 Å². The smallest absolute Gasteiger partial charge is 0.550 e. The molecule has 0 aliphatic rings. The second-order valence-corrected chi connectivity index (χ2v) is 2.59. The van der Waals surface area contributed by atoms with Gasteiger partial charge in [0.25, 0.3) is 0 Å². The first kappa shape index (κ1) is 13.8. The summed E-state index contributed by atoms with van der Waals surface area (Å²) in [7, 11) is 0. The van der Waals surface area contributed by atoms with E-state index in [4.69, 9.17) is 0 Å². The Morgan fingerprint density at radius 3 is 1.82 bits per heavy atom. The SMILES string of the molecule is CCCC(CCC)C(=O)[O-].[Mg+2]. The second-order valence-electron chi connectivity index (χ2n) is 2.59. The van der Waals surface area contributed by atoms with Gasteiger partial charge in [-0.05, 0) is 18.8 Å². The molecule has 0 heterocycles. The molecule has 0 aliphatic carbocycles. The number of hydrogen-bond acceptors (Lipinski definition) is 2. The van der Waals surface area contributed by atoms with Gasteiger partial charge in [-0.1, -0.05) is 26.7 Å². The number of carbonyl (C=O) groups is 1. The number of hydrogen-bond donors (Lipinski definition) is 0. The van der Waals surface area contributed by atoms with Crippen LogP contribution in [0.3, 0.4) is 0 Å². The molecule has 0 spiro atoms. The van der Waals surface area contributed by atoms with Crippen LogP contribution in [0.2, 0.25) is 0 Å². The van der Waals surface area contributed by atoms with Crippen molar-refractivity contribution >= 4 is 29.0 Å². The van der Waals surface area contributed by atoms with Gasteiger partial charge >= 0.3 is 23.1 Å². The summed E-state index contributed by atoms with van der Waals surface area (Å²) in [4.78, 5) is 10.4. The third-order valence-electron chi connectivity index (χ3n) is 1.61. The number of carboxylic acids is 1. The maximum atomic E-state index is 10.4. The first-order chi connectivity index (χ1) is 4.72. The van der Waals surface area contributed by atoms with Gasteiger partial charge in [-0.15, -0.1) is 0 Å². The van der Waals surface area contributed by atoms with Crippen molar-refractivity contribution in [2.75, 3.05) is 0 Å². The van der Waals surface area contributed by atoms with Crippen molar-refractivity contribution in [3.05, 3.63) is 0 Å². The molecule has 0 aliphatic heterocycles. The molecular weight excluding hydrogens is 152 g/mol. The zero-order valence-electron chi connectivity index (χ0n) is 7.43. The fraction of sp³-hybridized carbons (Fsp3) is 0.875. The minimum atomic E-state index is -0.885. The van der Waals surface area contributed by atoms with E-state index in [2.05, 4.69) is 0 Å². The van der Waals surface area contributed by atoms with E-state index >= 15 is 0 Å². The Labute approximate surface area is 84.5 Å². The molecule has 11 heavy (non-hydrogen) atoms. The van der Waals surface area contributed by atoms with Crippen LogP contribution in [0.1, 0.15) is 39.5 Å². The number of rotatable bonds is 5. The Hall–Kier alpha value is 0.236. The summed E-state index contributed by atoms with van der Waals surface area (Å²) in [6, 6.07) is 0. The number of carbonyl (C=O) groups excluding carboxylic acids is 1. The molecule has 0 fully saturated rings. The molecule has 0 aromatic heterocycles. The summed E-state index contributed by atoms with van der Waals surface area (Å²) in [6.45, 7) is 3.98. The van der Waals surface area contributed by atoms with Crippen LogP contribution < -0.4 is 5.11 Å². The van der Waals surface area contributed by atoms with Crippen molar-refractivity contribution in [3.63, 3.8) is 0 Å². The maximum Gasteiger partial charge on any atom is 2.00 e. The van der Waals surface area contributed by atoms with Gasteiger partial charge in [0.15, 0.2) is 0 Å². The largest absolute Gasteiger partial charge is 2.00 e. The summed E-state index contributed by atoms with van der Waals surface area (Å²) in [5.41, 5.74) is 0. The molecule has 0 N–H and O–H groups in total. The minimum Gasteiger partial charge on any atom is -0.550 e. The van der Waals surface area contributed by atoms with Crippen molar-refractivity contribution in [3.8, 4) is 0 Å². The van der Waals surface area contributed by atoms with Crippen molar-refractivity contribution < 1.29 is 9.90 Å². The first-order valence-electron chi connectivity index (χ1n) is 3.93. The van der Waals surface area contributed by atoms with Gasteiger partial charge in [0.1, 0.15) is 0 Å². The third-order valence-corrected chi connectivity index (χ3v) is 1.61. The molecule has 0 saturated heterocycles. The van der Waals surface area contributed by atoms with Crippen LogP contribution >= 0.6 is 0 Å². The van der Waals surface area contributed by atoms with Gasteiger partial charge < -0.3 is 9.90 Å². The van der Waals surface area contributed by atoms with Gasteiger partial charge in [0.2, 0.25) is 0 Å². The molecule has 0 radical (unpaired) electrons. The van der Waals surface area contributed by atoms with Gasteiger partial charge in [-0.25, -0.2) is 0 Å². The van der Waals surface area contributed by atoms with Crippen molar-refractivity contribution in [1.82, 2.24) is 0 Å². The summed E-state index contributed by atoms with van der Waals surface area (Å²) in [5, 5.41) is 10.4. The molecule has 0 rings (SSSR count). The summed E-state index contributed by atoms with van der Waals surface area (Å²) >= 11 is 0. The van der Waals surface area contributed by atoms with Crippen molar-refractivity contribution in [2.45, 2.75) is 39.5 Å². The molecular formula is C8H15MgO2+. The van der Waals surface area contributed by atoms with Crippen LogP contribution in [-0.2, 0) is 4.79 Å². The fourth-order valence-electron chi connectivity index (χ4n) is 1.08. The molecule has 0 unspecified atom stereocenters. The van der Waals surface area contributed by atoms with E-state index in [1.807, 2.05) is 13.8 Å². The molecule has 0 bridgehead atoms. The van der Waals surface area contributed by atoms with Crippen LogP contribution in [0.15, 0.2) is 0 Å². The summed E-state index contributed by atoms with van der Waals surface area (Å²) in [6.07, 6.45) is 3.38. The predicted octanol–water partition coefficient (Wildman–Crippen LogP) is 0.572. The Balaban J connectivity index is 0. The Kier molecular flexibility index (Phi) is 10.5. The molecule has 2 nitrogen and oxygen atoms in total. The number of carboxylic acid groups (broad SMARTS) is 1. The van der Waals surface area contributed by atoms with Crippen molar-refractivity contribution in [2.24, 2.45) is 5.92 Å². The van der Waals surface area contributed by atoms with Gasteiger partial charge in [-0.3, -0.25) is 0 Å². The van der Waals surface area contributed by atoms with E-state index in [9.17, 15) is 9.90 Å². The molecule has 0 amide bonds. The topological polar surface area (TPSA) is 40.1 Å². The van der Waals surface area contributed by atoms with Crippen LogP contribution in [-0.4, -0.2) is 29.0 Å². The standard InChI is InChI=1S/C8H16O2.Mg/c1-3-5-7(6-4-2)8(9)10;/h7H,3-6H2,1-2H3,(H,9,10);/q;+2/p-1. The zero-order chi connectivity index (χ0) is 7.98. The van der Waals surface area contributed by atoms with Crippen LogP contribution in [0.4, 0.5) is 0 Å². The Morgan fingerprint density at radius 2 is 1.64 bits per heavy atom. The molecule has 0 aromatic rings. The monoisotopic (exact) mass is 167 g/mol. The predicted molar refractivity (Wildman–Crippen MR) is 44.1 cm³/mol. The average molecular weight is 168 g/mol. The molecule has 60 valence electrons. The molecule has 0 atom stereocenters. The zero-order valence-corrected chi connectivity index (χ0v) is 8.84. The van der Waals surface area contributed by atoms with E-state index in [-0.39, 0.29) is 29.0 Å². The Bertz CT molecular complexity index is 98.3. The second kappa shape index (κ2) is 8.33. The van der Waals surface area contributed by atoms with E-state index in [0.717, 1.165) is 25.7 Å². The quantitative estimate of drug-likeness (QED) is 0.562. The first-order valence-corrected chi connectivity index (χ1v) is 3.93. The van der Waals surface area contributed by atoms with E-state index < -0.39 is 5.97 Å². The van der Waals surface area contributed by atoms with Gasteiger partial charge in [0.05, 0.1) is 0 Å². The molecule has 3 heteroatoms. The molecule has 0 saturated carbocycles. The van der Waals surface area contributed by atoms with Gasteiger partial charge in [0, 0.05) is 5.97 Å². The van der Waals surface area contributed by atoms with E-state index in [1.165, 1.54) is 0 Å². The minimum absolute atomic E-state index is 0. The average Bonchev–Trinajstić information content (AvgIpc) is 1.87. The van der Waals surface area contributed by atoms with E-state index in [0.29, 0.717) is 0 Å². The summed E-state index contributed by atoms with van der Waals surface area (Å²) in [5.74, 6) is -1.10. The molecule has 0 aromatic carbocycles. The maximum absolute atomic E-state index is 10.4. The third kappa shape index (κ3) is 6.63. The number of aliphatic carboxylic acids is 1. The Morgan fingerprint density at radius 1 is 1.27 bits per heavy atom. The van der Waals surface area contributed by atoms with Gasteiger partial charge in [-0.2, -0.15) is 0 Å². The van der Waals surface area contributed by atoms with Crippen LogP contribution in [0, 0.1) is 5.92 Å². The van der Waals surface area contributed by atoms with Crippen LogP contribution in [0.25, 0.3) is 0 Å². The van der Waals surface area contributed by atoms with E-state index in [1.54, 1.807) is 0 Å².